The molecule has 0 saturated carbocycles. The maximum Gasteiger partial charge on any atom is 0.229 e. The Hall–Kier alpha value is -1.86. The molecule has 1 aromatic carbocycles. The van der Waals surface area contributed by atoms with E-state index in [9.17, 15) is 8.42 Å². The van der Waals surface area contributed by atoms with Gasteiger partial charge in [0.1, 0.15) is 0 Å². The van der Waals surface area contributed by atoms with Crippen molar-refractivity contribution in [2.75, 3.05) is 11.0 Å². The zero-order valence-corrected chi connectivity index (χ0v) is 13.0. The van der Waals surface area contributed by atoms with E-state index in [-0.39, 0.29) is 6.04 Å². The topological polar surface area (TPSA) is 70.6 Å². The molecule has 0 radical (unpaired) electrons. The molecule has 2 aromatic rings. The van der Waals surface area contributed by atoms with Crippen molar-refractivity contribution in [3.63, 3.8) is 0 Å². The van der Waals surface area contributed by atoms with Crippen LogP contribution < -0.4 is 10.1 Å². The SMILES string of the molecule is CS(=O)(=O)Nc1ccccc1C1=NN[C@H](c2cccs2)C1. The highest BCUT2D eigenvalue weighted by atomic mass is 32.2. The van der Waals surface area contributed by atoms with Crippen molar-refractivity contribution in [1.29, 1.82) is 0 Å². The summed E-state index contributed by atoms with van der Waals surface area (Å²) in [5, 5.41) is 6.41. The molecule has 0 amide bonds. The van der Waals surface area contributed by atoms with Crippen LogP contribution in [0, 0.1) is 0 Å². The lowest BCUT2D eigenvalue weighted by Gasteiger charge is -2.10. The zero-order valence-electron chi connectivity index (χ0n) is 11.4. The van der Waals surface area contributed by atoms with Gasteiger partial charge in [0.05, 0.1) is 23.7 Å². The number of thiophene rings is 1. The van der Waals surface area contributed by atoms with Crippen LogP contribution in [-0.2, 0) is 10.0 Å². The fourth-order valence-electron chi connectivity index (χ4n) is 2.29. The number of nitrogens with zero attached hydrogens (tertiary/aromatic N) is 1. The van der Waals surface area contributed by atoms with Crippen molar-refractivity contribution in [1.82, 2.24) is 5.43 Å². The number of benzene rings is 1. The van der Waals surface area contributed by atoms with Crippen LogP contribution in [0.1, 0.15) is 22.9 Å². The average molecular weight is 321 g/mol. The van der Waals surface area contributed by atoms with E-state index in [2.05, 4.69) is 21.3 Å². The zero-order chi connectivity index (χ0) is 14.9. The van der Waals surface area contributed by atoms with Crippen LogP contribution in [0.25, 0.3) is 0 Å². The molecule has 0 aliphatic carbocycles. The Balaban J connectivity index is 1.85. The van der Waals surface area contributed by atoms with Gasteiger partial charge in [-0.1, -0.05) is 24.3 Å². The normalized spacial score (nSPS) is 18.1. The molecule has 1 atom stereocenters. The van der Waals surface area contributed by atoms with E-state index in [0.29, 0.717) is 5.69 Å². The Bertz CT molecular complexity index is 767. The highest BCUT2D eigenvalue weighted by Gasteiger charge is 2.23. The molecule has 110 valence electrons. The van der Waals surface area contributed by atoms with Crippen LogP contribution in [0.4, 0.5) is 5.69 Å². The van der Waals surface area contributed by atoms with Gasteiger partial charge in [0.2, 0.25) is 10.0 Å². The minimum atomic E-state index is -3.31. The maximum absolute atomic E-state index is 11.5. The van der Waals surface area contributed by atoms with Crippen molar-refractivity contribution in [2.45, 2.75) is 12.5 Å². The second-order valence-corrected chi connectivity index (χ2v) is 7.61. The first-order chi connectivity index (χ1) is 10.0. The highest BCUT2D eigenvalue weighted by molar-refractivity contribution is 7.92. The van der Waals surface area contributed by atoms with Crippen molar-refractivity contribution >= 4 is 32.8 Å². The first-order valence-corrected chi connectivity index (χ1v) is 9.23. The molecule has 0 bridgehead atoms. The quantitative estimate of drug-likeness (QED) is 0.909. The fraction of sp³-hybridized carbons (Fsp3) is 0.214. The lowest BCUT2D eigenvalue weighted by atomic mass is 10.0. The van der Waals surface area contributed by atoms with Crippen molar-refractivity contribution in [2.24, 2.45) is 5.10 Å². The number of hydrogen-bond donors (Lipinski definition) is 2. The summed E-state index contributed by atoms with van der Waals surface area (Å²) < 4.78 is 25.5. The average Bonchev–Trinajstić information content (AvgIpc) is 3.08. The summed E-state index contributed by atoms with van der Waals surface area (Å²) in [6, 6.07) is 11.6. The van der Waals surface area contributed by atoms with E-state index in [0.717, 1.165) is 24.0 Å². The Labute approximate surface area is 127 Å². The summed E-state index contributed by atoms with van der Waals surface area (Å²) in [4.78, 5) is 1.22. The Kier molecular flexibility index (Phi) is 3.69. The lowest BCUT2D eigenvalue weighted by molar-refractivity contribution is 0.607. The number of rotatable bonds is 4. The predicted molar refractivity (Wildman–Crippen MR) is 86.3 cm³/mol. The lowest BCUT2D eigenvalue weighted by Crippen LogP contribution is -2.13. The minimum Gasteiger partial charge on any atom is -0.301 e. The fourth-order valence-corrected chi connectivity index (χ4v) is 3.64. The van der Waals surface area contributed by atoms with Gasteiger partial charge in [0.15, 0.2) is 0 Å². The van der Waals surface area contributed by atoms with E-state index in [1.807, 2.05) is 23.6 Å². The van der Waals surface area contributed by atoms with E-state index in [4.69, 9.17) is 0 Å². The molecule has 0 spiro atoms. The van der Waals surface area contributed by atoms with E-state index in [1.165, 1.54) is 4.88 Å². The number of nitrogens with one attached hydrogen (secondary N) is 2. The van der Waals surface area contributed by atoms with Gasteiger partial charge in [-0.05, 0) is 17.5 Å². The molecule has 1 aliphatic rings. The Morgan fingerprint density at radius 1 is 1.29 bits per heavy atom. The third-order valence-electron chi connectivity index (χ3n) is 3.17. The summed E-state index contributed by atoms with van der Waals surface area (Å²) in [6.45, 7) is 0. The van der Waals surface area contributed by atoms with Crippen LogP contribution in [-0.4, -0.2) is 20.4 Å². The molecular weight excluding hydrogens is 306 g/mol. The second-order valence-electron chi connectivity index (χ2n) is 4.88. The van der Waals surface area contributed by atoms with Crippen LogP contribution >= 0.6 is 11.3 Å². The molecule has 0 saturated heterocycles. The van der Waals surface area contributed by atoms with Crippen molar-refractivity contribution in [3.05, 3.63) is 52.2 Å². The number of sulfonamides is 1. The monoisotopic (exact) mass is 321 g/mol. The standard InChI is InChI=1S/C14H15N3O2S2/c1-21(18,19)17-11-6-3-2-5-10(11)12-9-13(16-15-12)14-7-4-8-20-14/h2-8,13,16-17H,9H2,1H3/t13-/m0/s1. The minimum absolute atomic E-state index is 0.159. The second kappa shape index (κ2) is 5.50. The number of para-hydroxylation sites is 1. The van der Waals surface area contributed by atoms with E-state index < -0.39 is 10.0 Å². The molecule has 0 unspecified atom stereocenters. The molecule has 1 aliphatic heterocycles. The first-order valence-electron chi connectivity index (χ1n) is 6.45. The van der Waals surface area contributed by atoms with Crippen LogP contribution in [0.5, 0.6) is 0 Å². The van der Waals surface area contributed by atoms with Gasteiger partial charge in [0, 0.05) is 16.9 Å². The molecule has 5 nitrogen and oxygen atoms in total. The van der Waals surface area contributed by atoms with Gasteiger partial charge in [-0.3, -0.25) is 4.72 Å². The van der Waals surface area contributed by atoms with Crippen molar-refractivity contribution < 1.29 is 8.42 Å². The summed E-state index contributed by atoms with van der Waals surface area (Å²) in [5.41, 5.74) is 5.36. The smallest absolute Gasteiger partial charge is 0.229 e. The van der Waals surface area contributed by atoms with Gasteiger partial charge in [-0.2, -0.15) is 5.10 Å². The van der Waals surface area contributed by atoms with Crippen LogP contribution in [0.2, 0.25) is 0 Å². The van der Waals surface area contributed by atoms with Gasteiger partial charge in [-0.25, -0.2) is 8.42 Å². The maximum atomic E-state index is 11.5. The summed E-state index contributed by atoms with van der Waals surface area (Å²) in [7, 11) is -3.31. The van der Waals surface area contributed by atoms with Gasteiger partial charge in [0.25, 0.3) is 0 Å². The number of hydrazone groups is 1. The van der Waals surface area contributed by atoms with E-state index >= 15 is 0 Å². The molecule has 0 fully saturated rings. The van der Waals surface area contributed by atoms with Gasteiger partial charge in [-0.15, -0.1) is 11.3 Å². The summed E-state index contributed by atoms with van der Waals surface area (Å²) >= 11 is 1.68. The summed E-state index contributed by atoms with van der Waals surface area (Å²) in [6.07, 6.45) is 1.88. The molecule has 2 N–H and O–H groups in total. The predicted octanol–water partition coefficient (Wildman–Crippen LogP) is 2.56. The van der Waals surface area contributed by atoms with Gasteiger partial charge >= 0.3 is 0 Å². The van der Waals surface area contributed by atoms with Crippen LogP contribution in [0.15, 0.2) is 46.9 Å². The van der Waals surface area contributed by atoms with E-state index in [1.54, 1.807) is 23.5 Å². The van der Waals surface area contributed by atoms with Crippen LogP contribution in [0.3, 0.4) is 0 Å². The number of anilines is 1. The summed E-state index contributed by atoms with van der Waals surface area (Å²) in [5.74, 6) is 0. The molecular formula is C14H15N3O2S2. The molecule has 21 heavy (non-hydrogen) atoms. The van der Waals surface area contributed by atoms with Crippen molar-refractivity contribution in [3.8, 4) is 0 Å². The third-order valence-corrected chi connectivity index (χ3v) is 4.75. The largest absolute Gasteiger partial charge is 0.301 e. The number of hydrogen-bond acceptors (Lipinski definition) is 5. The third kappa shape index (κ3) is 3.25. The molecule has 1 aromatic heterocycles. The first kappa shape index (κ1) is 14.1. The Morgan fingerprint density at radius 2 is 2.10 bits per heavy atom. The van der Waals surface area contributed by atoms with Gasteiger partial charge < -0.3 is 5.43 Å². The molecule has 2 heterocycles. The molecule has 7 heteroatoms. The highest BCUT2D eigenvalue weighted by Crippen LogP contribution is 2.29. The molecule has 3 rings (SSSR count). The Morgan fingerprint density at radius 3 is 2.81 bits per heavy atom.